The fraction of sp³-hybridized carbons (Fsp3) is 0.526. The maximum atomic E-state index is 12.3. The fourth-order valence-corrected chi connectivity index (χ4v) is 2.66. The first kappa shape index (κ1) is 16.6. The Balaban J connectivity index is 1.94. The maximum Gasteiger partial charge on any atom is 0.134 e. The molecule has 2 aromatic rings. The minimum atomic E-state index is 0.118. The summed E-state index contributed by atoms with van der Waals surface area (Å²) in [6, 6.07) is 4.08. The molecule has 0 saturated carbocycles. The van der Waals surface area contributed by atoms with Gasteiger partial charge in [0, 0.05) is 24.7 Å². The SMILES string of the molecule is Cc1cc(C(C)CC(=O)CC(C)c2cc(C)c(C)o2)oc1C. The molecule has 22 heavy (non-hydrogen) atoms. The van der Waals surface area contributed by atoms with Crippen LogP contribution in [-0.4, -0.2) is 5.78 Å². The molecule has 2 rings (SSSR count). The van der Waals surface area contributed by atoms with Gasteiger partial charge in [0.2, 0.25) is 0 Å². The number of furan rings is 2. The molecule has 120 valence electrons. The maximum absolute atomic E-state index is 12.3. The van der Waals surface area contributed by atoms with E-state index in [1.54, 1.807) is 0 Å². The van der Waals surface area contributed by atoms with Crippen LogP contribution >= 0.6 is 0 Å². The topological polar surface area (TPSA) is 43.4 Å². The highest BCUT2D eigenvalue weighted by molar-refractivity contribution is 5.79. The van der Waals surface area contributed by atoms with Gasteiger partial charge in [-0.2, -0.15) is 0 Å². The second-order valence-electron chi connectivity index (χ2n) is 6.52. The average Bonchev–Trinajstić information content (AvgIpc) is 2.94. The van der Waals surface area contributed by atoms with Gasteiger partial charge < -0.3 is 8.83 Å². The van der Waals surface area contributed by atoms with E-state index < -0.39 is 0 Å². The van der Waals surface area contributed by atoms with Crippen LogP contribution in [0.3, 0.4) is 0 Å². The largest absolute Gasteiger partial charge is 0.466 e. The van der Waals surface area contributed by atoms with Gasteiger partial charge in [0.1, 0.15) is 28.8 Å². The van der Waals surface area contributed by atoms with E-state index in [4.69, 9.17) is 8.83 Å². The lowest BCUT2D eigenvalue weighted by molar-refractivity contribution is -0.119. The zero-order valence-corrected chi connectivity index (χ0v) is 14.4. The van der Waals surface area contributed by atoms with Crippen molar-refractivity contribution in [1.82, 2.24) is 0 Å². The standard InChI is InChI=1S/C19H26O3/c1-11-9-18(21-15(11)5)13(3)7-17(20)8-14(4)19-10-12(2)16(6)22-19/h9-10,13-14H,7-8H2,1-6H3. The molecule has 0 spiro atoms. The monoisotopic (exact) mass is 302 g/mol. The highest BCUT2D eigenvalue weighted by Crippen LogP contribution is 2.28. The molecule has 3 nitrogen and oxygen atoms in total. The summed E-state index contributed by atoms with van der Waals surface area (Å²) >= 11 is 0. The van der Waals surface area contributed by atoms with Crippen LogP contribution < -0.4 is 0 Å². The predicted octanol–water partition coefficient (Wildman–Crippen LogP) is 5.36. The molecule has 0 saturated heterocycles. The number of hydrogen-bond donors (Lipinski definition) is 0. The molecule has 0 N–H and O–H groups in total. The normalized spacial score (nSPS) is 14.1. The molecule has 0 aliphatic heterocycles. The lowest BCUT2D eigenvalue weighted by Crippen LogP contribution is -2.07. The summed E-state index contributed by atoms with van der Waals surface area (Å²) in [7, 11) is 0. The van der Waals surface area contributed by atoms with Gasteiger partial charge in [-0.15, -0.1) is 0 Å². The molecule has 0 aliphatic carbocycles. The summed E-state index contributed by atoms with van der Waals surface area (Å²) in [5.74, 6) is 4.16. The second kappa shape index (κ2) is 6.55. The van der Waals surface area contributed by atoms with Crippen LogP contribution in [0, 0.1) is 27.7 Å². The van der Waals surface area contributed by atoms with Crippen molar-refractivity contribution in [2.45, 2.75) is 66.2 Å². The van der Waals surface area contributed by atoms with Crippen LogP contribution in [-0.2, 0) is 4.79 Å². The molecule has 3 heteroatoms. The van der Waals surface area contributed by atoms with E-state index >= 15 is 0 Å². The van der Waals surface area contributed by atoms with Crippen LogP contribution in [0.15, 0.2) is 21.0 Å². The Morgan fingerprint density at radius 3 is 1.50 bits per heavy atom. The molecule has 0 fully saturated rings. The fourth-order valence-electron chi connectivity index (χ4n) is 2.66. The Morgan fingerprint density at radius 1 is 0.864 bits per heavy atom. The van der Waals surface area contributed by atoms with Crippen LogP contribution in [0.25, 0.3) is 0 Å². The Bertz CT molecular complexity index is 565. The zero-order chi connectivity index (χ0) is 16.4. The molecular formula is C19H26O3. The first-order valence-corrected chi connectivity index (χ1v) is 7.93. The summed E-state index contributed by atoms with van der Waals surface area (Å²) < 4.78 is 11.4. The molecule has 0 aliphatic rings. The minimum Gasteiger partial charge on any atom is -0.466 e. The van der Waals surface area contributed by atoms with Crippen molar-refractivity contribution < 1.29 is 13.6 Å². The van der Waals surface area contributed by atoms with Crippen molar-refractivity contribution in [3.05, 3.63) is 46.3 Å². The first-order chi connectivity index (χ1) is 10.3. The Morgan fingerprint density at radius 2 is 1.23 bits per heavy atom. The second-order valence-corrected chi connectivity index (χ2v) is 6.52. The zero-order valence-electron chi connectivity index (χ0n) is 14.4. The summed E-state index contributed by atoms with van der Waals surface area (Å²) in [5.41, 5.74) is 2.29. The summed E-state index contributed by atoms with van der Waals surface area (Å²) in [4.78, 5) is 12.3. The van der Waals surface area contributed by atoms with Gasteiger partial charge in [-0.05, 0) is 51.0 Å². The van der Waals surface area contributed by atoms with Crippen LogP contribution in [0.2, 0.25) is 0 Å². The Hall–Kier alpha value is -1.77. The van der Waals surface area contributed by atoms with E-state index in [0.717, 1.165) is 34.2 Å². The number of carbonyl (C=O) groups excluding carboxylic acids is 1. The smallest absolute Gasteiger partial charge is 0.134 e. The lowest BCUT2D eigenvalue weighted by atomic mass is 9.94. The number of Topliss-reactive ketones (excluding diaryl/α,β-unsaturated/α-hetero) is 1. The lowest BCUT2D eigenvalue weighted by Gasteiger charge is -2.11. The van der Waals surface area contributed by atoms with E-state index in [1.807, 2.05) is 53.7 Å². The third kappa shape index (κ3) is 3.70. The molecule has 0 bridgehead atoms. The van der Waals surface area contributed by atoms with Gasteiger partial charge in [0.15, 0.2) is 0 Å². The van der Waals surface area contributed by atoms with Crippen LogP contribution in [0.4, 0.5) is 0 Å². The number of aryl methyl sites for hydroxylation is 4. The predicted molar refractivity (Wildman–Crippen MR) is 87.4 cm³/mol. The summed E-state index contributed by atoms with van der Waals surface area (Å²) in [6.45, 7) is 12.1. The van der Waals surface area contributed by atoms with Crippen molar-refractivity contribution in [3.63, 3.8) is 0 Å². The van der Waals surface area contributed by atoms with E-state index in [2.05, 4.69) is 0 Å². The third-order valence-electron chi connectivity index (χ3n) is 4.41. The highest BCUT2D eigenvalue weighted by Gasteiger charge is 2.20. The van der Waals surface area contributed by atoms with Crippen LogP contribution in [0.1, 0.15) is 72.7 Å². The van der Waals surface area contributed by atoms with Gasteiger partial charge in [0.05, 0.1) is 0 Å². The van der Waals surface area contributed by atoms with Gasteiger partial charge in [-0.25, -0.2) is 0 Å². The van der Waals surface area contributed by atoms with Crippen LogP contribution in [0.5, 0.6) is 0 Å². The molecule has 2 aromatic heterocycles. The quantitative estimate of drug-likeness (QED) is 0.721. The van der Waals surface area contributed by atoms with E-state index in [0.29, 0.717) is 12.8 Å². The number of ketones is 1. The van der Waals surface area contributed by atoms with Crippen molar-refractivity contribution >= 4 is 5.78 Å². The van der Waals surface area contributed by atoms with E-state index in [-0.39, 0.29) is 17.6 Å². The van der Waals surface area contributed by atoms with Gasteiger partial charge in [0.25, 0.3) is 0 Å². The van der Waals surface area contributed by atoms with E-state index in [1.165, 1.54) is 0 Å². The first-order valence-electron chi connectivity index (χ1n) is 7.93. The molecular weight excluding hydrogens is 276 g/mol. The third-order valence-corrected chi connectivity index (χ3v) is 4.41. The van der Waals surface area contributed by atoms with Gasteiger partial charge in [-0.1, -0.05) is 13.8 Å². The van der Waals surface area contributed by atoms with Gasteiger partial charge in [-0.3, -0.25) is 4.79 Å². The van der Waals surface area contributed by atoms with Crippen molar-refractivity contribution in [2.75, 3.05) is 0 Å². The molecule has 2 heterocycles. The number of rotatable bonds is 6. The number of hydrogen-bond acceptors (Lipinski definition) is 3. The molecule has 2 unspecified atom stereocenters. The molecule has 0 amide bonds. The molecule has 0 radical (unpaired) electrons. The van der Waals surface area contributed by atoms with Crippen molar-refractivity contribution in [1.29, 1.82) is 0 Å². The minimum absolute atomic E-state index is 0.118. The van der Waals surface area contributed by atoms with Gasteiger partial charge >= 0.3 is 0 Å². The Labute approximate surface area is 132 Å². The average molecular weight is 302 g/mol. The van der Waals surface area contributed by atoms with E-state index in [9.17, 15) is 4.79 Å². The molecule has 2 atom stereocenters. The van der Waals surface area contributed by atoms with Crippen molar-refractivity contribution in [3.8, 4) is 0 Å². The number of carbonyl (C=O) groups is 1. The molecule has 0 aromatic carbocycles. The van der Waals surface area contributed by atoms with Crippen molar-refractivity contribution in [2.24, 2.45) is 0 Å². The Kier molecular flexibility index (Phi) is 4.94. The summed E-state index contributed by atoms with van der Waals surface area (Å²) in [5, 5.41) is 0. The summed E-state index contributed by atoms with van der Waals surface area (Å²) in [6.07, 6.45) is 1.02. The highest BCUT2D eigenvalue weighted by atomic mass is 16.3.